The van der Waals surface area contributed by atoms with Gasteiger partial charge in [0.25, 0.3) is 0 Å². The number of nitrogens with one attached hydrogen (secondary N) is 1. The van der Waals surface area contributed by atoms with E-state index in [-0.39, 0.29) is 0 Å². The molecule has 1 nitrogen and oxygen atoms in total. The van der Waals surface area contributed by atoms with E-state index in [0.717, 1.165) is 23.9 Å². The zero-order chi connectivity index (χ0) is 9.38. The lowest BCUT2D eigenvalue weighted by Crippen LogP contribution is -2.37. The first-order chi connectivity index (χ1) is 6.93. The molecule has 1 heteroatoms. The fourth-order valence-corrected chi connectivity index (χ4v) is 3.37. The molecular formula is C13H23N. The van der Waals surface area contributed by atoms with Crippen molar-refractivity contribution in [3.8, 4) is 0 Å². The molecule has 14 heavy (non-hydrogen) atoms. The highest BCUT2D eigenvalue weighted by atomic mass is 15.0. The van der Waals surface area contributed by atoms with E-state index in [1.54, 1.807) is 0 Å². The second-order valence-corrected chi connectivity index (χ2v) is 5.70. The Bertz CT molecular complexity index is 191. The van der Waals surface area contributed by atoms with Crippen LogP contribution in [0.25, 0.3) is 0 Å². The van der Waals surface area contributed by atoms with Crippen molar-refractivity contribution >= 4 is 0 Å². The molecule has 0 bridgehead atoms. The van der Waals surface area contributed by atoms with Gasteiger partial charge in [0.1, 0.15) is 0 Å². The summed E-state index contributed by atoms with van der Waals surface area (Å²) in [6.07, 6.45) is 13.5. The molecule has 2 atom stereocenters. The average molecular weight is 193 g/mol. The summed E-state index contributed by atoms with van der Waals surface area (Å²) < 4.78 is 0. The summed E-state index contributed by atoms with van der Waals surface area (Å²) in [7, 11) is 0. The number of hydrogen-bond acceptors (Lipinski definition) is 1. The van der Waals surface area contributed by atoms with Gasteiger partial charge in [-0.15, -0.1) is 0 Å². The molecule has 3 rings (SSSR count). The Morgan fingerprint density at radius 2 is 1.57 bits per heavy atom. The van der Waals surface area contributed by atoms with Gasteiger partial charge in [-0.1, -0.05) is 38.5 Å². The molecule has 0 radical (unpaired) electrons. The smallest absolute Gasteiger partial charge is 0.0104 e. The first-order valence-electron chi connectivity index (χ1n) is 6.69. The van der Waals surface area contributed by atoms with Crippen molar-refractivity contribution in [3.63, 3.8) is 0 Å². The summed E-state index contributed by atoms with van der Waals surface area (Å²) in [5.74, 6) is 2.18. The third-order valence-electron chi connectivity index (χ3n) is 4.65. The van der Waals surface area contributed by atoms with Gasteiger partial charge in [0, 0.05) is 12.1 Å². The predicted molar refractivity (Wildman–Crippen MR) is 59.2 cm³/mol. The van der Waals surface area contributed by atoms with E-state index in [4.69, 9.17) is 0 Å². The standard InChI is InChI=1S/C13H23N/c1-2-5-10(6-3-1)12-9-13(12)14-11-7-4-8-11/h10-14H,1-9H2. The zero-order valence-electron chi connectivity index (χ0n) is 9.17. The Morgan fingerprint density at radius 3 is 2.21 bits per heavy atom. The third kappa shape index (κ3) is 1.84. The van der Waals surface area contributed by atoms with Gasteiger partial charge in [-0.05, 0) is 31.1 Å². The van der Waals surface area contributed by atoms with Crippen molar-refractivity contribution in [2.45, 2.75) is 69.9 Å². The summed E-state index contributed by atoms with van der Waals surface area (Å²) in [6, 6.07) is 1.84. The Balaban J connectivity index is 1.42. The third-order valence-corrected chi connectivity index (χ3v) is 4.65. The monoisotopic (exact) mass is 193 g/mol. The Morgan fingerprint density at radius 1 is 0.786 bits per heavy atom. The Hall–Kier alpha value is -0.0400. The summed E-state index contributed by atoms with van der Waals surface area (Å²) in [5.41, 5.74) is 0. The SMILES string of the molecule is C1CCC(C2CC2NC2CCC2)CC1. The minimum atomic E-state index is 0.911. The van der Waals surface area contributed by atoms with E-state index in [0.29, 0.717) is 0 Å². The lowest BCUT2D eigenvalue weighted by atomic mass is 9.85. The van der Waals surface area contributed by atoms with E-state index < -0.39 is 0 Å². The highest BCUT2D eigenvalue weighted by molar-refractivity contribution is 5.00. The maximum atomic E-state index is 3.84. The van der Waals surface area contributed by atoms with Crippen LogP contribution in [-0.4, -0.2) is 12.1 Å². The van der Waals surface area contributed by atoms with Crippen LogP contribution in [0.5, 0.6) is 0 Å². The molecule has 0 aromatic heterocycles. The molecule has 3 aliphatic rings. The van der Waals surface area contributed by atoms with Gasteiger partial charge in [-0.3, -0.25) is 0 Å². The van der Waals surface area contributed by atoms with E-state index in [2.05, 4.69) is 5.32 Å². The molecule has 3 fully saturated rings. The summed E-state index contributed by atoms with van der Waals surface area (Å²) in [4.78, 5) is 0. The van der Waals surface area contributed by atoms with Crippen LogP contribution in [0.3, 0.4) is 0 Å². The number of hydrogen-bond donors (Lipinski definition) is 1. The first kappa shape index (κ1) is 9.21. The van der Waals surface area contributed by atoms with Crippen molar-refractivity contribution in [2.24, 2.45) is 11.8 Å². The highest BCUT2D eigenvalue weighted by Crippen LogP contribution is 2.45. The minimum absolute atomic E-state index is 0.911. The van der Waals surface area contributed by atoms with Crippen LogP contribution in [0, 0.1) is 11.8 Å². The van der Waals surface area contributed by atoms with Crippen LogP contribution in [0.1, 0.15) is 57.8 Å². The van der Waals surface area contributed by atoms with Crippen molar-refractivity contribution in [1.29, 1.82) is 0 Å². The van der Waals surface area contributed by atoms with Crippen LogP contribution in [0.4, 0.5) is 0 Å². The highest BCUT2D eigenvalue weighted by Gasteiger charge is 2.43. The van der Waals surface area contributed by atoms with Crippen LogP contribution in [0.15, 0.2) is 0 Å². The summed E-state index contributed by atoms with van der Waals surface area (Å²) in [6.45, 7) is 0. The topological polar surface area (TPSA) is 12.0 Å². The second-order valence-electron chi connectivity index (χ2n) is 5.70. The van der Waals surface area contributed by atoms with Crippen LogP contribution < -0.4 is 5.32 Å². The van der Waals surface area contributed by atoms with Gasteiger partial charge < -0.3 is 5.32 Å². The van der Waals surface area contributed by atoms with Gasteiger partial charge in [0.05, 0.1) is 0 Å². The maximum Gasteiger partial charge on any atom is 0.0104 e. The molecule has 3 saturated carbocycles. The van der Waals surface area contributed by atoms with Crippen molar-refractivity contribution < 1.29 is 0 Å². The lowest BCUT2D eigenvalue weighted by Gasteiger charge is -2.28. The fourth-order valence-electron chi connectivity index (χ4n) is 3.37. The molecule has 0 aliphatic heterocycles. The summed E-state index contributed by atoms with van der Waals surface area (Å²) >= 11 is 0. The maximum absolute atomic E-state index is 3.84. The molecule has 0 aromatic rings. The van der Waals surface area contributed by atoms with Gasteiger partial charge >= 0.3 is 0 Å². The second kappa shape index (κ2) is 3.84. The molecule has 0 spiro atoms. The molecule has 0 saturated heterocycles. The molecular weight excluding hydrogens is 170 g/mol. The quantitative estimate of drug-likeness (QED) is 0.726. The van der Waals surface area contributed by atoms with Crippen LogP contribution in [0.2, 0.25) is 0 Å². The minimum Gasteiger partial charge on any atom is -0.311 e. The molecule has 0 aromatic carbocycles. The van der Waals surface area contributed by atoms with Gasteiger partial charge in [-0.2, -0.15) is 0 Å². The normalized spacial score (nSPS) is 39.4. The fraction of sp³-hybridized carbons (Fsp3) is 1.00. The average Bonchev–Trinajstić information content (AvgIpc) is 2.92. The van der Waals surface area contributed by atoms with E-state index in [9.17, 15) is 0 Å². The van der Waals surface area contributed by atoms with E-state index >= 15 is 0 Å². The molecule has 0 amide bonds. The van der Waals surface area contributed by atoms with E-state index in [1.165, 1.54) is 57.8 Å². The predicted octanol–water partition coefficient (Wildman–Crippen LogP) is 3.10. The Kier molecular flexibility index (Phi) is 2.53. The Labute approximate surface area is 87.7 Å². The van der Waals surface area contributed by atoms with Gasteiger partial charge in [0.2, 0.25) is 0 Å². The largest absolute Gasteiger partial charge is 0.311 e. The van der Waals surface area contributed by atoms with E-state index in [1.807, 2.05) is 0 Å². The summed E-state index contributed by atoms with van der Waals surface area (Å²) in [5, 5.41) is 3.84. The van der Waals surface area contributed by atoms with Crippen molar-refractivity contribution in [1.82, 2.24) is 5.32 Å². The van der Waals surface area contributed by atoms with Crippen LogP contribution in [-0.2, 0) is 0 Å². The van der Waals surface area contributed by atoms with Crippen molar-refractivity contribution in [3.05, 3.63) is 0 Å². The molecule has 80 valence electrons. The molecule has 0 heterocycles. The van der Waals surface area contributed by atoms with Gasteiger partial charge in [0.15, 0.2) is 0 Å². The zero-order valence-corrected chi connectivity index (χ0v) is 9.17. The first-order valence-corrected chi connectivity index (χ1v) is 6.69. The lowest BCUT2D eigenvalue weighted by molar-refractivity contribution is 0.288. The van der Waals surface area contributed by atoms with Crippen molar-refractivity contribution in [2.75, 3.05) is 0 Å². The van der Waals surface area contributed by atoms with Gasteiger partial charge in [-0.25, -0.2) is 0 Å². The number of rotatable bonds is 3. The molecule has 2 unspecified atom stereocenters. The van der Waals surface area contributed by atoms with Crippen LogP contribution >= 0.6 is 0 Å². The molecule has 3 aliphatic carbocycles. The molecule has 1 N–H and O–H groups in total.